The number of nitrogens with zero attached hydrogens (tertiary/aromatic N) is 3. The number of nitriles is 1. The minimum Gasteiger partial charge on any atom is -0.298 e. The molecule has 2 rings (SSSR count). The van der Waals surface area contributed by atoms with Gasteiger partial charge < -0.3 is 0 Å². The van der Waals surface area contributed by atoms with Gasteiger partial charge in [-0.05, 0) is 46.1 Å². The van der Waals surface area contributed by atoms with Gasteiger partial charge in [0.2, 0.25) is 0 Å². The van der Waals surface area contributed by atoms with E-state index >= 15 is 0 Å². The van der Waals surface area contributed by atoms with Crippen LogP contribution < -0.4 is 0 Å². The highest BCUT2D eigenvalue weighted by Gasteiger charge is 2.07. The molecule has 92 valence electrons. The molecule has 3 nitrogen and oxygen atoms in total. The lowest BCUT2D eigenvalue weighted by molar-refractivity contribution is 0.319. The summed E-state index contributed by atoms with van der Waals surface area (Å²) in [6.45, 7) is 1.59. The molecule has 0 N–H and O–H groups in total. The third-order valence-corrected chi connectivity index (χ3v) is 4.06. The van der Waals surface area contributed by atoms with Crippen LogP contribution in [0.1, 0.15) is 16.8 Å². The molecule has 0 bridgehead atoms. The Bertz CT molecular complexity index is 574. The zero-order chi connectivity index (χ0) is 13.0. The van der Waals surface area contributed by atoms with Gasteiger partial charge >= 0.3 is 0 Å². The van der Waals surface area contributed by atoms with Gasteiger partial charge in [-0.15, -0.1) is 11.3 Å². The zero-order valence-electron chi connectivity index (χ0n) is 9.93. The predicted octanol–water partition coefficient (Wildman–Crippen LogP) is 3.41. The number of hydrogen-bond acceptors (Lipinski definition) is 4. The summed E-state index contributed by atoms with van der Waals surface area (Å²) >= 11 is 5.14. The molecule has 0 aliphatic carbocycles. The summed E-state index contributed by atoms with van der Waals surface area (Å²) in [7, 11) is 2.04. The standard InChI is InChI=1S/C13H12BrN3S/c1-17(7-10-5-13(14)18-9-10)8-11-3-2-4-16-12(11)6-15/h2-5,9H,7-8H2,1H3. The van der Waals surface area contributed by atoms with Gasteiger partial charge in [0.05, 0.1) is 3.79 Å². The van der Waals surface area contributed by atoms with E-state index in [1.165, 1.54) is 5.56 Å². The quantitative estimate of drug-likeness (QED) is 0.866. The van der Waals surface area contributed by atoms with E-state index in [1.807, 2.05) is 19.2 Å². The predicted molar refractivity (Wildman–Crippen MR) is 76.1 cm³/mol. The SMILES string of the molecule is CN(Cc1csc(Br)c1)Cc1cccnc1C#N. The first kappa shape index (κ1) is 13.2. The lowest BCUT2D eigenvalue weighted by atomic mass is 10.2. The van der Waals surface area contributed by atoms with E-state index in [4.69, 9.17) is 5.26 Å². The van der Waals surface area contributed by atoms with Gasteiger partial charge in [0.25, 0.3) is 0 Å². The van der Waals surface area contributed by atoms with Crippen LogP contribution in [0.15, 0.2) is 33.6 Å². The van der Waals surface area contributed by atoms with Gasteiger partial charge in [-0.1, -0.05) is 6.07 Å². The number of rotatable bonds is 4. The Labute approximate surface area is 119 Å². The smallest absolute Gasteiger partial charge is 0.144 e. The molecule has 0 radical (unpaired) electrons. The van der Waals surface area contributed by atoms with Gasteiger partial charge in [0.15, 0.2) is 0 Å². The number of thiophene rings is 1. The molecule has 2 aromatic rings. The Morgan fingerprint density at radius 2 is 2.33 bits per heavy atom. The van der Waals surface area contributed by atoms with Crippen LogP contribution in [0.4, 0.5) is 0 Å². The Morgan fingerprint density at radius 3 is 3.00 bits per heavy atom. The Morgan fingerprint density at radius 1 is 1.50 bits per heavy atom. The van der Waals surface area contributed by atoms with Crippen LogP contribution in [-0.4, -0.2) is 16.9 Å². The number of aromatic nitrogens is 1. The van der Waals surface area contributed by atoms with Crippen molar-refractivity contribution in [3.63, 3.8) is 0 Å². The molecular weight excluding hydrogens is 310 g/mol. The van der Waals surface area contributed by atoms with Gasteiger partial charge in [-0.2, -0.15) is 5.26 Å². The van der Waals surface area contributed by atoms with E-state index in [0.717, 1.165) is 22.4 Å². The minimum atomic E-state index is 0.510. The second-order valence-electron chi connectivity index (χ2n) is 4.05. The fraction of sp³-hybridized carbons (Fsp3) is 0.231. The second-order valence-corrected chi connectivity index (χ2v) is 6.34. The molecule has 0 saturated carbocycles. The maximum Gasteiger partial charge on any atom is 0.144 e. The molecule has 0 unspecified atom stereocenters. The van der Waals surface area contributed by atoms with Crippen LogP contribution in [0.3, 0.4) is 0 Å². The molecule has 18 heavy (non-hydrogen) atoms. The monoisotopic (exact) mass is 321 g/mol. The lowest BCUT2D eigenvalue weighted by Gasteiger charge is -2.16. The van der Waals surface area contributed by atoms with Gasteiger partial charge in [0, 0.05) is 24.8 Å². The van der Waals surface area contributed by atoms with E-state index in [1.54, 1.807) is 17.5 Å². The first-order valence-corrected chi connectivity index (χ1v) is 7.12. The van der Waals surface area contributed by atoms with Gasteiger partial charge in [-0.25, -0.2) is 4.98 Å². The fourth-order valence-corrected chi connectivity index (χ4v) is 2.95. The third-order valence-electron chi connectivity index (χ3n) is 2.51. The largest absolute Gasteiger partial charge is 0.298 e. The molecule has 0 aromatic carbocycles. The normalized spacial score (nSPS) is 10.6. The molecule has 0 saturated heterocycles. The van der Waals surface area contributed by atoms with Crippen LogP contribution in [0.2, 0.25) is 0 Å². The molecule has 2 heterocycles. The number of pyridine rings is 1. The Kier molecular flexibility index (Phi) is 4.48. The summed E-state index contributed by atoms with van der Waals surface area (Å²) in [6, 6.07) is 8.06. The fourth-order valence-electron chi connectivity index (χ4n) is 1.75. The molecule has 5 heteroatoms. The highest BCUT2D eigenvalue weighted by atomic mass is 79.9. The molecule has 0 atom stereocenters. The Balaban J connectivity index is 2.03. The van der Waals surface area contributed by atoms with Crippen molar-refractivity contribution >= 4 is 27.3 Å². The average Bonchev–Trinajstić information content (AvgIpc) is 2.75. The summed E-state index contributed by atoms with van der Waals surface area (Å²) in [5.41, 5.74) is 2.75. The maximum atomic E-state index is 8.99. The molecular formula is C13H12BrN3S. The van der Waals surface area contributed by atoms with E-state index < -0.39 is 0 Å². The number of halogens is 1. The summed E-state index contributed by atoms with van der Waals surface area (Å²) in [4.78, 5) is 6.24. The summed E-state index contributed by atoms with van der Waals surface area (Å²) in [6.07, 6.45) is 1.65. The molecule has 0 spiro atoms. The van der Waals surface area contributed by atoms with Crippen molar-refractivity contribution in [2.75, 3.05) is 7.05 Å². The summed E-state index contributed by atoms with van der Waals surface area (Å²) in [5, 5.41) is 11.1. The minimum absolute atomic E-state index is 0.510. The maximum absolute atomic E-state index is 8.99. The van der Waals surface area contributed by atoms with Crippen LogP contribution in [0.25, 0.3) is 0 Å². The van der Waals surface area contributed by atoms with E-state index in [-0.39, 0.29) is 0 Å². The summed E-state index contributed by atoms with van der Waals surface area (Å²) < 4.78 is 1.14. The van der Waals surface area contributed by atoms with E-state index in [0.29, 0.717) is 5.69 Å². The zero-order valence-corrected chi connectivity index (χ0v) is 12.3. The van der Waals surface area contributed by atoms with Crippen molar-refractivity contribution in [2.45, 2.75) is 13.1 Å². The first-order chi connectivity index (χ1) is 8.69. The highest BCUT2D eigenvalue weighted by Crippen LogP contribution is 2.22. The van der Waals surface area contributed by atoms with Crippen molar-refractivity contribution in [2.24, 2.45) is 0 Å². The Hall–Kier alpha value is -1.22. The van der Waals surface area contributed by atoms with Crippen molar-refractivity contribution in [3.8, 4) is 6.07 Å². The van der Waals surface area contributed by atoms with Gasteiger partial charge in [0.1, 0.15) is 11.8 Å². The van der Waals surface area contributed by atoms with Crippen molar-refractivity contribution in [3.05, 3.63) is 50.4 Å². The molecule has 0 fully saturated rings. The molecule has 0 amide bonds. The van der Waals surface area contributed by atoms with Crippen LogP contribution in [0, 0.1) is 11.3 Å². The van der Waals surface area contributed by atoms with Crippen molar-refractivity contribution in [1.29, 1.82) is 5.26 Å². The summed E-state index contributed by atoms with van der Waals surface area (Å²) in [5.74, 6) is 0. The van der Waals surface area contributed by atoms with Crippen LogP contribution >= 0.6 is 27.3 Å². The van der Waals surface area contributed by atoms with Crippen molar-refractivity contribution in [1.82, 2.24) is 9.88 Å². The van der Waals surface area contributed by atoms with E-state index in [2.05, 4.69) is 43.3 Å². The van der Waals surface area contributed by atoms with E-state index in [9.17, 15) is 0 Å². The topological polar surface area (TPSA) is 39.9 Å². The first-order valence-electron chi connectivity index (χ1n) is 5.44. The molecule has 2 aromatic heterocycles. The van der Waals surface area contributed by atoms with Gasteiger partial charge in [-0.3, -0.25) is 4.90 Å². The third kappa shape index (κ3) is 3.39. The molecule has 0 aliphatic rings. The molecule has 0 aliphatic heterocycles. The average molecular weight is 322 g/mol. The number of hydrogen-bond donors (Lipinski definition) is 0. The second kappa shape index (κ2) is 6.10. The van der Waals surface area contributed by atoms with Crippen molar-refractivity contribution < 1.29 is 0 Å². The lowest BCUT2D eigenvalue weighted by Crippen LogP contribution is -2.17. The van der Waals surface area contributed by atoms with Crippen LogP contribution in [0.5, 0.6) is 0 Å². The highest BCUT2D eigenvalue weighted by molar-refractivity contribution is 9.11. The van der Waals surface area contributed by atoms with Crippen LogP contribution in [-0.2, 0) is 13.1 Å².